The zero-order valence-corrected chi connectivity index (χ0v) is 21.2. The molecule has 0 unspecified atom stereocenters. The highest BCUT2D eigenvalue weighted by Gasteiger charge is 2.31. The molecule has 9 nitrogen and oxygen atoms in total. The second kappa shape index (κ2) is 10.3. The van der Waals surface area contributed by atoms with E-state index in [-0.39, 0.29) is 34.3 Å². The van der Waals surface area contributed by atoms with Crippen molar-refractivity contribution in [1.29, 1.82) is 0 Å². The second-order valence-corrected chi connectivity index (χ2v) is 9.21. The normalized spacial score (nSPS) is 12.9. The van der Waals surface area contributed by atoms with Gasteiger partial charge in [-0.1, -0.05) is 11.6 Å². The molecule has 0 fully saturated rings. The first kappa shape index (κ1) is 22.9. The van der Waals surface area contributed by atoms with E-state index in [0.29, 0.717) is 11.6 Å². The number of halogens is 3. The Hall–Kier alpha value is -4.25. The summed E-state index contributed by atoms with van der Waals surface area (Å²) < 4.78 is 57.8. The van der Waals surface area contributed by atoms with Crippen molar-refractivity contribution in [3.05, 3.63) is 92.6 Å². The van der Waals surface area contributed by atoms with Crippen LogP contribution in [0.1, 0.15) is 40.7 Å². The number of pyridine rings is 3. The van der Waals surface area contributed by atoms with Crippen LogP contribution in [-0.4, -0.2) is 30.4 Å². The fraction of sp³-hybridized carbons (Fsp3) is 0.231. The molecule has 0 atom stereocenters. The van der Waals surface area contributed by atoms with Crippen LogP contribution < -0.4 is 16.0 Å². The summed E-state index contributed by atoms with van der Waals surface area (Å²) in [7, 11) is 0. The largest absolute Gasteiger partial charge is 0.485 e. The van der Waals surface area contributed by atoms with Gasteiger partial charge in [0.25, 0.3) is 5.56 Å². The van der Waals surface area contributed by atoms with E-state index in [1.165, 1.54) is 24.5 Å². The molecular formula is C26H23ClF2N6O3. The first-order valence-electron chi connectivity index (χ1n) is 12.6. The Labute approximate surface area is 225 Å². The lowest BCUT2D eigenvalue weighted by molar-refractivity contribution is -0.122. The monoisotopic (exact) mass is 543 g/mol. The maximum atomic E-state index is 14.0. The molecule has 0 spiro atoms. The molecule has 0 radical (unpaired) electrons. The van der Waals surface area contributed by atoms with Crippen LogP contribution in [0, 0.1) is 25.4 Å². The van der Waals surface area contributed by atoms with E-state index in [4.69, 9.17) is 26.2 Å². The molecule has 0 saturated carbocycles. The summed E-state index contributed by atoms with van der Waals surface area (Å²) in [6, 6.07) is 4.64. The van der Waals surface area contributed by atoms with Crippen molar-refractivity contribution in [1.82, 2.24) is 24.5 Å². The standard InChI is InChI=1S/C26H23ClF2N6O3/c1-13-10-32-18(17-5-6-31-25(34-17)26(3,4)24(30)37)9-20(13)35-14(2)7-21(22(27)23(35)36)38-12-19-16(29)8-15(28)11-33-19/h5-11H,12H2,1-4H3,(H2,30,37)/i2D3. The zero-order valence-electron chi connectivity index (χ0n) is 23.4. The third-order valence-corrected chi connectivity index (χ3v) is 6.12. The summed E-state index contributed by atoms with van der Waals surface area (Å²) in [5.74, 6) is -2.71. The molecule has 0 saturated heterocycles. The first-order chi connectivity index (χ1) is 19.1. The minimum atomic E-state index is -2.83. The molecule has 38 heavy (non-hydrogen) atoms. The number of hydrogen-bond donors (Lipinski definition) is 1. The minimum absolute atomic E-state index is 0.139. The lowest BCUT2D eigenvalue weighted by Gasteiger charge is -2.19. The average molecular weight is 544 g/mol. The molecule has 0 aliphatic heterocycles. The van der Waals surface area contributed by atoms with Crippen LogP contribution in [0.25, 0.3) is 17.1 Å². The number of aromatic nitrogens is 5. The van der Waals surface area contributed by atoms with Crippen molar-refractivity contribution in [2.24, 2.45) is 5.73 Å². The molecule has 4 rings (SSSR count). The number of carbonyl (C=O) groups excluding carboxylic acids is 1. The molecule has 0 aliphatic rings. The van der Waals surface area contributed by atoms with Gasteiger partial charge in [0.2, 0.25) is 5.91 Å². The molecule has 196 valence electrons. The van der Waals surface area contributed by atoms with E-state index >= 15 is 0 Å². The molecule has 0 aromatic carbocycles. The van der Waals surface area contributed by atoms with Gasteiger partial charge in [-0.15, -0.1) is 0 Å². The number of primary amides is 1. The molecule has 12 heteroatoms. The molecule has 2 N–H and O–H groups in total. The van der Waals surface area contributed by atoms with E-state index in [1.54, 1.807) is 20.8 Å². The molecule has 0 bridgehead atoms. The lowest BCUT2D eigenvalue weighted by atomic mass is 9.91. The third-order valence-electron chi connectivity index (χ3n) is 5.77. The minimum Gasteiger partial charge on any atom is -0.485 e. The fourth-order valence-electron chi connectivity index (χ4n) is 3.41. The van der Waals surface area contributed by atoms with E-state index in [1.807, 2.05) is 0 Å². The smallest absolute Gasteiger partial charge is 0.277 e. The van der Waals surface area contributed by atoms with E-state index in [2.05, 4.69) is 19.9 Å². The summed E-state index contributed by atoms with van der Waals surface area (Å²) in [5, 5.41) is -0.481. The number of ether oxygens (including phenoxy) is 1. The summed E-state index contributed by atoms with van der Waals surface area (Å²) in [6.45, 7) is 1.37. The quantitative estimate of drug-likeness (QED) is 0.373. The predicted molar refractivity (Wildman–Crippen MR) is 136 cm³/mol. The highest BCUT2D eigenvalue weighted by molar-refractivity contribution is 6.31. The molecule has 4 aromatic rings. The molecule has 0 aliphatic carbocycles. The van der Waals surface area contributed by atoms with Crippen LogP contribution >= 0.6 is 11.6 Å². The fourth-order valence-corrected chi connectivity index (χ4v) is 3.60. The number of carbonyl (C=O) groups is 1. The number of nitrogens with two attached hydrogens (primary N) is 1. The number of hydrogen-bond acceptors (Lipinski definition) is 7. The maximum absolute atomic E-state index is 14.0. The predicted octanol–water partition coefficient (Wildman–Crippen LogP) is 3.97. The average Bonchev–Trinajstić information content (AvgIpc) is 2.90. The van der Waals surface area contributed by atoms with Crippen LogP contribution in [0.4, 0.5) is 8.78 Å². The first-order valence-corrected chi connectivity index (χ1v) is 11.5. The van der Waals surface area contributed by atoms with Crippen molar-refractivity contribution in [2.45, 2.75) is 39.6 Å². The number of aryl methyl sites for hydroxylation is 2. The highest BCUT2D eigenvalue weighted by Crippen LogP contribution is 2.28. The van der Waals surface area contributed by atoms with Crippen LogP contribution in [0.5, 0.6) is 5.75 Å². The van der Waals surface area contributed by atoms with E-state index in [9.17, 15) is 18.4 Å². The summed E-state index contributed by atoms with van der Waals surface area (Å²) >= 11 is 6.32. The van der Waals surface area contributed by atoms with Crippen LogP contribution in [0.15, 0.2) is 47.7 Å². The zero-order chi connectivity index (χ0) is 30.3. The third kappa shape index (κ3) is 5.10. The van der Waals surface area contributed by atoms with Gasteiger partial charge in [-0.05, 0) is 45.3 Å². The van der Waals surface area contributed by atoms with Crippen LogP contribution in [0.2, 0.25) is 5.02 Å². The van der Waals surface area contributed by atoms with Crippen molar-refractivity contribution >= 4 is 17.5 Å². The van der Waals surface area contributed by atoms with Gasteiger partial charge < -0.3 is 10.5 Å². The topological polar surface area (TPSA) is 126 Å². The Bertz CT molecular complexity index is 1730. The molecule has 4 heterocycles. The van der Waals surface area contributed by atoms with Gasteiger partial charge in [-0.3, -0.25) is 24.1 Å². The van der Waals surface area contributed by atoms with Gasteiger partial charge in [-0.25, -0.2) is 18.7 Å². The number of amides is 1. The van der Waals surface area contributed by atoms with E-state index < -0.39 is 52.7 Å². The SMILES string of the molecule is [2H]C([2H])([2H])c1cc(OCc2ncc(F)cc2F)c(Cl)c(=O)n1-c1cc(-c2ccnc(C(C)(C)C(N)=O)n2)ncc1C. The van der Waals surface area contributed by atoms with Gasteiger partial charge in [0.05, 0.1) is 23.3 Å². The van der Waals surface area contributed by atoms with Gasteiger partial charge in [0.1, 0.15) is 40.1 Å². The van der Waals surface area contributed by atoms with Crippen molar-refractivity contribution in [3.8, 4) is 22.8 Å². The summed E-state index contributed by atoms with van der Waals surface area (Å²) in [6.07, 6.45) is 3.63. The van der Waals surface area contributed by atoms with Crippen molar-refractivity contribution in [3.63, 3.8) is 0 Å². The van der Waals surface area contributed by atoms with Crippen molar-refractivity contribution in [2.75, 3.05) is 0 Å². The Morgan fingerprint density at radius 3 is 2.63 bits per heavy atom. The Morgan fingerprint density at radius 2 is 1.95 bits per heavy atom. The molecular weight excluding hydrogens is 518 g/mol. The lowest BCUT2D eigenvalue weighted by Crippen LogP contribution is -2.37. The molecule has 1 amide bonds. The van der Waals surface area contributed by atoms with Gasteiger partial charge in [0, 0.05) is 34.3 Å². The van der Waals surface area contributed by atoms with Crippen LogP contribution in [0.3, 0.4) is 0 Å². The summed E-state index contributed by atoms with van der Waals surface area (Å²) in [5.41, 5.74) is 3.74. The van der Waals surface area contributed by atoms with E-state index in [0.717, 1.165) is 16.8 Å². The Morgan fingerprint density at radius 1 is 1.18 bits per heavy atom. The Kier molecular flexibility index (Phi) is 6.18. The van der Waals surface area contributed by atoms with Gasteiger partial charge in [0.15, 0.2) is 5.82 Å². The highest BCUT2D eigenvalue weighted by atomic mass is 35.5. The molecule has 4 aromatic heterocycles. The number of nitrogens with zero attached hydrogens (tertiary/aromatic N) is 5. The van der Waals surface area contributed by atoms with Gasteiger partial charge in [-0.2, -0.15) is 0 Å². The second-order valence-electron chi connectivity index (χ2n) is 8.83. The maximum Gasteiger partial charge on any atom is 0.277 e. The van der Waals surface area contributed by atoms with Crippen molar-refractivity contribution < 1.29 is 22.4 Å². The summed E-state index contributed by atoms with van der Waals surface area (Å²) in [4.78, 5) is 41.9. The van der Waals surface area contributed by atoms with Crippen LogP contribution in [-0.2, 0) is 16.8 Å². The Balaban J connectivity index is 1.83. The van der Waals surface area contributed by atoms with Gasteiger partial charge >= 0.3 is 0 Å². The number of rotatable bonds is 7.